The van der Waals surface area contributed by atoms with Gasteiger partial charge in [0.15, 0.2) is 6.10 Å². The molecule has 0 radical (unpaired) electrons. The number of ether oxygens (including phenoxy) is 1. The Morgan fingerprint density at radius 3 is 2.13 bits per heavy atom. The van der Waals surface area contributed by atoms with Crippen LogP contribution >= 0.6 is 0 Å². The Hall–Kier alpha value is -1.35. The number of rotatable bonds is 15. The molecule has 0 aliphatic heterocycles. The number of carboxylic acid groups (broad SMARTS) is 1. The average Bonchev–Trinajstić information content (AvgIpc) is 2.54. The van der Waals surface area contributed by atoms with Gasteiger partial charge in [-0.15, -0.1) is 0 Å². The summed E-state index contributed by atoms with van der Waals surface area (Å²) < 4.78 is 5.20. The van der Waals surface area contributed by atoms with Crippen LogP contribution < -0.4 is 0 Å². The summed E-state index contributed by atoms with van der Waals surface area (Å²) in [7, 11) is 0. The normalized spacial score (nSPS) is 13.5. The highest BCUT2D eigenvalue weighted by Gasteiger charge is 2.15. The van der Waals surface area contributed by atoms with Gasteiger partial charge < -0.3 is 9.84 Å². The van der Waals surface area contributed by atoms with Crippen LogP contribution in [0.4, 0.5) is 0 Å². The summed E-state index contributed by atoms with van der Waals surface area (Å²) in [6.45, 7) is 4.44. The van der Waals surface area contributed by atoms with Crippen molar-refractivity contribution in [2.24, 2.45) is 0 Å². The molecule has 0 heterocycles. The minimum Gasteiger partial charge on any atom is -0.479 e. The van der Waals surface area contributed by atoms with Crippen LogP contribution in [0.1, 0.15) is 71.6 Å². The van der Waals surface area contributed by atoms with Crippen molar-refractivity contribution in [1.82, 2.24) is 0 Å². The van der Waals surface area contributed by atoms with Crippen LogP contribution in [0.5, 0.6) is 0 Å². The topological polar surface area (TPSA) is 46.5 Å². The monoisotopic (exact) mass is 322 g/mol. The van der Waals surface area contributed by atoms with Crippen molar-refractivity contribution >= 4 is 5.97 Å². The minimum absolute atomic E-state index is 0.463. The van der Waals surface area contributed by atoms with Crippen molar-refractivity contribution in [3.05, 3.63) is 36.5 Å². The van der Waals surface area contributed by atoms with Crippen molar-refractivity contribution < 1.29 is 14.6 Å². The first-order valence-corrected chi connectivity index (χ1v) is 9.01. The Labute approximate surface area is 142 Å². The van der Waals surface area contributed by atoms with Crippen molar-refractivity contribution in [3.63, 3.8) is 0 Å². The van der Waals surface area contributed by atoms with Crippen molar-refractivity contribution in [1.29, 1.82) is 0 Å². The SMILES string of the molecule is CC/C=C\C/C=C\C/C=C\CCCCCCC(OCC)C(=O)O. The van der Waals surface area contributed by atoms with Crippen LogP contribution in [0.15, 0.2) is 36.5 Å². The van der Waals surface area contributed by atoms with Gasteiger partial charge in [-0.25, -0.2) is 4.79 Å². The van der Waals surface area contributed by atoms with E-state index in [9.17, 15) is 4.79 Å². The third-order valence-electron chi connectivity index (χ3n) is 3.51. The number of allylic oxidation sites excluding steroid dienone is 6. The second-order valence-electron chi connectivity index (χ2n) is 5.57. The molecule has 0 amide bonds. The summed E-state index contributed by atoms with van der Waals surface area (Å²) in [4.78, 5) is 10.9. The van der Waals surface area contributed by atoms with Gasteiger partial charge in [0, 0.05) is 6.61 Å². The Balaban J connectivity index is 3.46. The van der Waals surface area contributed by atoms with E-state index >= 15 is 0 Å². The van der Waals surface area contributed by atoms with Crippen LogP contribution in [0, 0.1) is 0 Å². The summed E-state index contributed by atoms with van der Waals surface area (Å²) in [5, 5.41) is 8.96. The molecule has 0 bridgehead atoms. The molecular weight excluding hydrogens is 288 g/mol. The van der Waals surface area contributed by atoms with Crippen LogP contribution in [-0.4, -0.2) is 23.8 Å². The van der Waals surface area contributed by atoms with E-state index in [4.69, 9.17) is 9.84 Å². The fraction of sp³-hybridized carbons (Fsp3) is 0.650. The zero-order valence-electron chi connectivity index (χ0n) is 14.9. The van der Waals surface area contributed by atoms with E-state index in [-0.39, 0.29) is 0 Å². The summed E-state index contributed by atoms with van der Waals surface area (Å²) in [6, 6.07) is 0. The Morgan fingerprint density at radius 1 is 0.913 bits per heavy atom. The first kappa shape index (κ1) is 21.6. The van der Waals surface area contributed by atoms with E-state index in [1.165, 1.54) is 6.42 Å². The van der Waals surface area contributed by atoms with E-state index < -0.39 is 12.1 Å². The first-order chi connectivity index (χ1) is 11.2. The standard InChI is InChI=1S/C20H34O3/c1-3-5-6-7-8-9-10-11-12-13-14-15-16-17-18-19(20(21)22)23-4-2/h5-6,8-9,11-12,19H,3-4,7,10,13-18H2,1-2H3,(H,21,22)/b6-5-,9-8-,12-11-. The Bertz CT molecular complexity index is 356. The molecule has 0 spiro atoms. The molecule has 0 rings (SSSR count). The molecule has 0 aromatic carbocycles. The van der Waals surface area contributed by atoms with E-state index in [0.29, 0.717) is 13.0 Å². The first-order valence-electron chi connectivity index (χ1n) is 9.01. The maximum absolute atomic E-state index is 10.9. The Kier molecular flexibility index (Phi) is 16.0. The van der Waals surface area contributed by atoms with Crippen LogP contribution in [-0.2, 0) is 9.53 Å². The van der Waals surface area contributed by atoms with E-state index in [0.717, 1.165) is 44.9 Å². The molecule has 23 heavy (non-hydrogen) atoms. The number of hydrogen-bond acceptors (Lipinski definition) is 2. The molecule has 0 aromatic heterocycles. The highest BCUT2D eigenvalue weighted by atomic mass is 16.5. The van der Waals surface area contributed by atoms with Gasteiger partial charge in [0.25, 0.3) is 0 Å². The van der Waals surface area contributed by atoms with Crippen LogP contribution in [0.2, 0.25) is 0 Å². The quantitative estimate of drug-likeness (QED) is 0.312. The molecule has 3 heteroatoms. The fourth-order valence-electron chi connectivity index (χ4n) is 2.25. The van der Waals surface area contributed by atoms with E-state index in [1.54, 1.807) is 0 Å². The van der Waals surface area contributed by atoms with Gasteiger partial charge in [-0.2, -0.15) is 0 Å². The molecule has 1 atom stereocenters. The number of aliphatic carboxylic acids is 1. The van der Waals surface area contributed by atoms with Gasteiger partial charge >= 0.3 is 5.97 Å². The third kappa shape index (κ3) is 15.3. The molecule has 0 fully saturated rings. The summed E-state index contributed by atoms with van der Waals surface area (Å²) >= 11 is 0. The highest BCUT2D eigenvalue weighted by molar-refractivity contribution is 5.72. The molecule has 1 unspecified atom stereocenters. The van der Waals surface area contributed by atoms with Crippen LogP contribution in [0.25, 0.3) is 0 Å². The summed E-state index contributed by atoms with van der Waals surface area (Å²) in [5.41, 5.74) is 0. The molecule has 0 saturated carbocycles. The van der Waals surface area contributed by atoms with Gasteiger partial charge in [-0.1, -0.05) is 62.6 Å². The largest absolute Gasteiger partial charge is 0.479 e. The maximum Gasteiger partial charge on any atom is 0.332 e. The third-order valence-corrected chi connectivity index (χ3v) is 3.51. The molecule has 0 saturated heterocycles. The molecule has 3 nitrogen and oxygen atoms in total. The number of hydrogen-bond donors (Lipinski definition) is 1. The van der Waals surface area contributed by atoms with Gasteiger partial charge in [0.1, 0.15) is 0 Å². The van der Waals surface area contributed by atoms with Crippen molar-refractivity contribution in [2.45, 2.75) is 77.7 Å². The number of unbranched alkanes of at least 4 members (excludes halogenated alkanes) is 4. The van der Waals surface area contributed by atoms with Gasteiger partial charge in [-0.05, 0) is 45.4 Å². The number of carbonyl (C=O) groups is 1. The average molecular weight is 322 g/mol. The fourth-order valence-corrected chi connectivity index (χ4v) is 2.25. The Morgan fingerprint density at radius 2 is 1.52 bits per heavy atom. The van der Waals surface area contributed by atoms with Gasteiger partial charge in [-0.3, -0.25) is 0 Å². The van der Waals surface area contributed by atoms with Gasteiger partial charge in [0.05, 0.1) is 0 Å². The second-order valence-corrected chi connectivity index (χ2v) is 5.57. The minimum atomic E-state index is -0.840. The lowest BCUT2D eigenvalue weighted by molar-refractivity contribution is -0.150. The second kappa shape index (κ2) is 17.0. The summed E-state index contributed by atoms with van der Waals surface area (Å²) in [5.74, 6) is -0.840. The smallest absolute Gasteiger partial charge is 0.332 e. The zero-order chi connectivity index (χ0) is 17.2. The number of carboxylic acids is 1. The van der Waals surface area contributed by atoms with E-state index in [1.807, 2.05) is 6.92 Å². The maximum atomic E-state index is 10.9. The molecule has 0 aliphatic carbocycles. The molecule has 132 valence electrons. The van der Waals surface area contributed by atoms with Gasteiger partial charge in [0.2, 0.25) is 0 Å². The zero-order valence-corrected chi connectivity index (χ0v) is 14.9. The summed E-state index contributed by atoms with van der Waals surface area (Å²) in [6.07, 6.45) is 21.8. The predicted octanol–water partition coefficient (Wildman–Crippen LogP) is 5.68. The lowest BCUT2D eigenvalue weighted by Gasteiger charge is -2.11. The lowest BCUT2D eigenvalue weighted by Crippen LogP contribution is -2.23. The van der Waals surface area contributed by atoms with E-state index in [2.05, 4.69) is 43.4 Å². The predicted molar refractivity (Wildman–Crippen MR) is 97.7 cm³/mol. The molecular formula is C20H34O3. The molecule has 0 aliphatic rings. The molecule has 1 N–H and O–H groups in total. The molecule has 0 aromatic rings. The lowest BCUT2D eigenvalue weighted by atomic mass is 10.1. The van der Waals surface area contributed by atoms with Crippen LogP contribution in [0.3, 0.4) is 0 Å². The van der Waals surface area contributed by atoms with Crippen molar-refractivity contribution in [3.8, 4) is 0 Å². The van der Waals surface area contributed by atoms with Crippen molar-refractivity contribution in [2.75, 3.05) is 6.61 Å². The highest BCUT2D eigenvalue weighted by Crippen LogP contribution is 2.10.